The number of allylic oxidation sites excluding steroid dienone is 1. The third-order valence-corrected chi connectivity index (χ3v) is 1.80. The summed E-state index contributed by atoms with van der Waals surface area (Å²) in [5.74, 6) is 0. The van der Waals surface area contributed by atoms with E-state index in [9.17, 15) is 0 Å². The minimum Gasteiger partial charge on any atom is -0.392 e. The van der Waals surface area contributed by atoms with Crippen LogP contribution in [0.2, 0.25) is 0 Å². The second-order valence-corrected chi connectivity index (χ2v) is 3.06. The summed E-state index contributed by atoms with van der Waals surface area (Å²) >= 11 is 0. The molecule has 0 aromatic carbocycles. The third-order valence-electron chi connectivity index (χ3n) is 1.80. The highest BCUT2D eigenvalue weighted by atomic mass is 16.3. The van der Waals surface area contributed by atoms with Crippen LogP contribution in [0.5, 0.6) is 0 Å². The summed E-state index contributed by atoms with van der Waals surface area (Å²) in [6.45, 7) is 4.41. The first-order valence-corrected chi connectivity index (χ1v) is 4.57. The molecule has 66 valence electrons. The molecule has 1 N–H and O–H groups in total. The smallest absolute Gasteiger partial charge is 0.0639 e. The normalized spacial score (nSPS) is 12.1. The van der Waals surface area contributed by atoms with E-state index in [0.717, 1.165) is 12.0 Å². The van der Waals surface area contributed by atoms with Crippen LogP contribution in [0.1, 0.15) is 46.0 Å². The summed E-state index contributed by atoms with van der Waals surface area (Å²) < 4.78 is 0. The maximum absolute atomic E-state index is 8.67. The highest BCUT2D eigenvalue weighted by Crippen LogP contribution is 2.04. The Morgan fingerprint density at radius 3 is 2.55 bits per heavy atom. The molecule has 0 unspecified atom stereocenters. The molecule has 0 atom stereocenters. The third kappa shape index (κ3) is 7.60. The van der Waals surface area contributed by atoms with Gasteiger partial charge in [0.15, 0.2) is 0 Å². The average molecular weight is 156 g/mol. The fourth-order valence-electron chi connectivity index (χ4n) is 0.984. The van der Waals surface area contributed by atoms with Gasteiger partial charge in [0.05, 0.1) is 6.61 Å². The minimum atomic E-state index is 0.216. The Morgan fingerprint density at radius 2 is 2.00 bits per heavy atom. The molecule has 0 aromatic rings. The molecule has 1 nitrogen and oxygen atoms in total. The minimum absolute atomic E-state index is 0.216. The number of aliphatic hydroxyl groups excluding tert-OH is 1. The van der Waals surface area contributed by atoms with Crippen molar-refractivity contribution in [1.82, 2.24) is 0 Å². The molecule has 0 spiro atoms. The van der Waals surface area contributed by atoms with Crippen LogP contribution < -0.4 is 0 Å². The van der Waals surface area contributed by atoms with Crippen molar-refractivity contribution in [2.75, 3.05) is 6.61 Å². The van der Waals surface area contributed by atoms with E-state index in [1.807, 2.05) is 6.92 Å². The Balaban J connectivity index is 3.12. The van der Waals surface area contributed by atoms with E-state index >= 15 is 0 Å². The van der Waals surface area contributed by atoms with Gasteiger partial charge in [0.1, 0.15) is 0 Å². The lowest BCUT2D eigenvalue weighted by Crippen LogP contribution is -1.83. The molecule has 0 aliphatic heterocycles. The molecule has 0 saturated carbocycles. The maximum Gasteiger partial charge on any atom is 0.0639 e. The fourth-order valence-corrected chi connectivity index (χ4v) is 0.984. The van der Waals surface area contributed by atoms with E-state index in [4.69, 9.17) is 5.11 Å². The number of aliphatic hydroxyl groups is 1. The SMILES string of the molecule is CCCCCCC=C(C)CO. The van der Waals surface area contributed by atoms with Gasteiger partial charge in [-0.2, -0.15) is 0 Å². The van der Waals surface area contributed by atoms with E-state index in [0.29, 0.717) is 0 Å². The second-order valence-electron chi connectivity index (χ2n) is 3.06. The van der Waals surface area contributed by atoms with Gasteiger partial charge in [0.2, 0.25) is 0 Å². The van der Waals surface area contributed by atoms with Crippen LogP contribution in [0.3, 0.4) is 0 Å². The predicted octanol–water partition coefficient (Wildman–Crippen LogP) is 2.90. The Hall–Kier alpha value is -0.300. The number of hydrogen-bond donors (Lipinski definition) is 1. The summed E-state index contributed by atoms with van der Waals surface area (Å²) in [5, 5.41) is 8.67. The first kappa shape index (κ1) is 10.7. The fraction of sp³-hybridized carbons (Fsp3) is 0.800. The topological polar surface area (TPSA) is 20.2 Å². The van der Waals surface area contributed by atoms with E-state index < -0.39 is 0 Å². The van der Waals surface area contributed by atoms with E-state index in [-0.39, 0.29) is 6.61 Å². The molecule has 0 fully saturated rings. The van der Waals surface area contributed by atoms with Crippen LogP contribution in [0.4, 0.5) is 0 Å². The van der Waals surface area contributed by atoms with E-state index in [1.165, 1.54) is 25.7 Å². The lowest BCUT2D eigenvalue weighted by Gasteiger charge is -1.96. The van der Waals surface area contributed by atoms with Gasteiger partial charge in [-0.05, 0) is 19.8 Å². The van der Waals surface area contributed by atoms with Crippen molar-refractivity contribution in [2.24, 2.45) is 0 Å². The molecule has 0 saturated heterocycles. The largest absolute Gasteiger partial charge is 0.392 e. The summed E-state index contributed by atoms with van der Waals surface area (Å²) in [6, 6.07) is 0. The van der Waals surface area contributed by atoms with Crippen molar-refractivity contribution in [3.05, 3.63) is 11.6 Å². The van der Waals surface area contributed by atoms with Crippen LogP contribution in [-0.2, 0) is 0 Å². The molecule has 1 heteroatoms. The first-order chi connectivity index (χ1) is 5.31. The lowest BCUT2D eigenvalue weighted by atomic mass is 10.1. The Morgan fingerprint density at radius 1 is 1.27 bits per heavy atom. The lowest BCUT2D eigenvalue weighted by molar-refractivity contribution is 0.331. The highest BCUT2D eigenvalue weighted by molar-refractivity contribution is 4.97. The molecule has 0 aliphatic carbocycles. The summed E-state index contributed by atoms with van der Waals surface area (Å²) in [5.41, 5.74) is 1.10. The summed E-state index contributed by atoms with van der Waals surface area (Å²) in [6.07, 6.45) is 8.49. The molecular formula is C10H20O. The van der Waals surface area contributed by atoms with Gasteiger partial charge in [-0.15, -0.1) is 0 Å². The molecule has 0 rings (SSSR count). The van der Waals surface area contributed by atoms with Crippen molar-refractivity contribution in [1.29, 1.82) is 0 Å². The zero-order valence-electron chi connectivity index (χ0n) is 7.77. The Kier molecular flexibility index (Phi) is 7.59. The summed E-state index contributed by atoms with van der Waals surface area (Å²) in [4.78, 5) is 0. The first-order valence-electron chi connectivity index (χ1n) is 4.57. The average Bonchev–Trinajstić information content (AvgIpc) is 2.04. The van der Waals surface area contributed by atoms with Gasteiger partial charge in [0.25, 0.3) is 0 Å². The van der Waals surface area contributed by atoms with Gasteiger partial charge in [-0.3, -0.25) is 0 Å². The van der Waals surface area contributed by atoms with Crippen LogP contribution in [0, 0.1) is 0 Å². The predicted molar refractivity (Wildman–Crippen MR) is 49.6 cm³/mol. The Bertz CT molecular complexity index is 105. The zero-order valence-corrected chi connectivity index (χ0v) is 7.77. The van der Waals surface area contributed by atoms with Crippen LogP contribution >= 0.6 is 0 Å². The molecule has 0 heterocycles. The van der Waals surface area contributed by atoms with E-state index in [1.54, 1.807) is 0 Å². The monoisotopic (exact) mass is 156 g/mol. The van der Waals surface area contributed by atoms with Crippen LogP contribution in [0.25, 0.3) is 0 Å². The maximum atomic E-state index is 8.67. The van der Waals surface area contributed by atoms with Crippen molar-refractivity contribution >= 4 is 0 Å². The van der Waals surface area contributed by atoms with Gasteiger partial charge < -0.3 is 5.11 Å². The molecule has 11 heavy (non-hydrogen) atoms. The van der Waals surface area contributed by atoms with Crippen LogP contribution in [-0.4, -0.2) is 11.7 Å². The van der Waals surface area contributed by atoms with Crippen molar-refractivity contribution in [2.45, 2.75) is 46.0 Å². The van der Waals surface area contributed by atoms with Crippen LogP contribution in [0.15, 0.2) is 11.6 Å². The molecular weight excluding hydrogens is 136 g/mol. The quantitative estimate of drug-likeness (QED) is 0.463. The Labute approximate surface area is 70.1 Å². The molecule has 0 radical (unpaired) electrons. The van der Waals surface area contributed by atoms with Gasteiger partial charge in [0, 0.05) is 0 Å². The summed E-state index contributed by atoms with van der Waals surface area (Å²) in [7, 11) is 0. The molecule has 0 aliphatic rings. The standard InChI is InChI=1S/C10H20O/c1-3-4-5-6-7-8-10(2)9-11/h8,11H,3-7,9H2,1-2H3. The van der Waals surface area contributed by atoms with Crippen molar-refractivity contribution in [3.63, 3.8) is 0 Å². The highest BCUT2D eigenvalue weighted by Gasteiger charge is 1.86. The van der Waals surface area contributed by atoms with Crippen molar-refractivity contribution < 1.29 is 5.11 Å². The van der Waals surface area contributed by atoms with Gasteiger partial charge in [-0.1, -0.05) is 37.8 Å². The molecule has 0 aromatic heterocycles. The zero-order chi connectivity index (χ0) is 8.53. The number of hydrogen-bond acceptors (Lipinski definition) is 1. The molecule has 0 bridgehead atoms. The van der Waals surface area contributed by atoms with Crippen molar-refractivity contribution in [3.8, 4) is 0 Å². The molecule has 0 amide bonds. The number of rotatable bonds is 6. The van der Waals surface area contributed by atoms with Gasteiger partial charge in [-0.25, -0.2) is 0 Å². The number of unbranched alkanes of at least 4 members (excludes halogenated alkanes) is 4. The second kappa shape index (κ2) is 7.80. The van der Waals surface area contributed by atoms with E-state index in [2.05, 4.69) is 13.0 Å². The van der Waals surface area contributed by atoms with Gasteiger partial charge >= 0.3 is 0 Å².